The predicted molar refractivity (Wildman–Crippen MR) is 50.2 cm³/mol. The van der Waals surface area contributed by atoms with Gasteiger partial charge in [-0.2, -0.15) is 0 Å². The molecular formula is C8H14N3S+. The Hall–Kier alpha value is -0.610. The van der Waals surface area contributed by atoms with Crippen LogP contribution in [0.1, 0.15) is 18.5 Å². The highest BCUT2D eigenvalue weighted by molar-refractivity contribution is 7.13. The van der Waals surface area contributed by atoms with Crippen molar-refractivity contribution in [3.63, 3.8) is 0 Å². The molecule has 1 aliphatic rings. The van der Waals surface area contributed by atoms with Crippen molar-refractivity contribution >= 4 is 16.5 Å². The Labute approximate surface area is 76.2 Å². The van der Waals surface area contributed by atoms with Gasteiger partial charge < -0.3 is 10.6 Å². The summed E-state index contributed by atoms with van der Waals surface area (Å²) in [4.78, 5) is 5.90. The Kier molecular flexibility index (Phi) is 2.28. The van der Waals surface area contributed by atoms with Gasteiger partial charge in [-0.3, -0.25) is 0 Å². The lowest BCUT2D eigenvalue weighted by Crippen LogP contribution is -3.08. The van der Waals surface area contributed by atoms with Gasteiger partial charge in [-0.05, 0) is 0 Å². The van der Waals surface area contributed by atoms with Crippen LogP contribution in [0.25, 0.3) is 0 Å². The molecule has 0 spiro atoms. The average molecular weight is 184 g/mol. The molecule has 12 heavy (non-hydrogen) atoms. The van der Waals surface area contributed by atoms with E-state index in [2.05, 4.69) is 10.4 Å². The first kappa shape index (κ1) is 8.01. The highest BCUT2D eigenvalue weighted by Crippen LogP contribution is 2.09. The third-order valence-corrected chi connectivity index (χ3v) is 3.03. The summed E-state index contributed by atoms with van der Waals surface area (Å²) < 4.78 is 0. The number of nitrogen functional groups attached to an aromatic ring is 1. The van der Waals surface area contributed by atoms with Crippen molar-refractivity contribution in [1.29, 1.82) is 0 Å². The summed E-state index contributed by atoms with van der Waals surface area (Å²) in [5.41, 5.74) is 6.71. The van der Waals surface area contributed by atoms with Gasteiger partial charge in [0.2, 0.25) is 0 Å². The van der Waals surface area contributed by atoms with E-state index in [4.69, 9.17) is 5.73 Å². The summed E-state index contributed by atoms with van der Waals surface area (Å²) in [7, 11) is 0. The van der Waals surface area contributed by atoms with E-state index in [1.807, 2.05) is 0 Å². The lowest BCUT2D eigenvalue weighted by atomic mass is 10.4. The molecule has 0 atom stereocenters. The zero-order chi connectivity index (χ0) is 8.39. The molecule has 3 nitrogen and oxygen atoms in total. The van der Waals surface area contributed by atoms with E-state index in [1.54, 1.807) is 16.2 Å². The van der Waals surface area contributed by atoms with Crippen LogP contribution in [-0.4, -0.2) is 18.1 Å². The van der Waals surface area contributed by atoms with E-state index < -0.39 is 0 Å². The maximum Gasteiger partial charge on any atom is 0.180 e. The van der Waals surface area contributed by atoms with Gasteiger partial charge in [-0.25, -0.2) is 4.98 Å². The van der Waals surface area contributed by atoms with E-state index >= 15 is 0 Å². The summed E-state index contributed by atoms with van der Waals surface area (Å²) >= 11 is 1.54. The number of likely N-dealkylation sites (tertiary alicyclic amines) is 1. The molecule has 0 unspecified atom stereocenters. The first-order valence-corrected chi connectivity index (χ1v) is 5.26. The van der Waals surface area contributed by atoms with Crippen LogP contribution in [0, 0.1) is 0 Å². The number of aromatic nitrogens is 1. The van der Waals surface area contributed by atoms with Crippen molar-refractivity contribution in [1.82, 2.24) is 4.98 Å². The fraction of sp³-hybridized carbons (Fsp3) is 0.625. The van der Waals surface area contributed by atoms with E-state index in [0.29, 0.717) is 5.13 Å². The number of hydrogen-bond acceptors (Lipinski definition) is 3. The van der Waals surface area contributed by atoms with Gasteiger partial charge in [0.1, 0.15) is 12.2 Å². The topological polar surface area (TPSA) is 43.3 Å². The second-order valence-electron chi connectivity index (χ2n) is 3.31. The van der Waals surface area contributed by atoms with Gasteiger partial charge in [-0.1, -0.05) is 0 Å². The lowest BCUT2D eigenvalue weighted by Gasteiger charge is -2.08. The minimum Gasteiger partial charge on any atom is -0.375 e. The van der Waals surface area contributed by atoms with Crippen molar-refractivity contribution in [3.05, 3.63) is 11.1 Å². The Bertz CT molecular complexity index is 253. The summed E-state index contributed by atoms with van der Waals surface area (Å²) in [6.07, 6.45) is 2.74. The molecule has 2 rings (SSSR count). The number of thiazole rings is 1. The van der Waals surface area contributed by atoms with Crippen LogP contribution < -0.4 is 10.6 Å². The third kappa shape index (κ3) is 1.76. The fourth-order valence-corrected chi connectivity index (χ4v) is 2.27. The zero-order valence-electron chi connectivity index (χ0n) is 7.05. The summed E-state index contributed by atoms with van der Waals surface area (Å²) in [5.74, 6) is 0. The monoisotopic (exact) mass is 184 g/mol. The van der Waals surface area contributed by atoms with Gasteiger partial charge >= 0.3 is 0 Å². The van der Waals surface area contributed by atoms with Crippen molar-refractivity contribution in [2.75, 3.05) is 18.8 Å². The zero-order valence-corrected chi connectivity index (χ0v) is 7.86. The molecule has 1 aromatic rings. The molecule has 1 fully saturated rings. The summed E-state index contributed by atoms with van der Waals surface area (Å²) in [6, 6.07) is 0. The van der Waals surface area contributed by atoms with Gasteiger partial charge in [-0.15, -0.1) is 11.3 Å². The number of nitrogens with two attached hydrogens (primary N) is 1. The van der Waals surface area contributed by atoms with Crippen LogP contribution in [0.15, 0.2) is 5.38 Å². The highest BCUT2D eigenvalue weighted by atomic mass is 32.1. The molecule has 0 bridgehead atoms. The maximum atomic E-state index is 5.55. The van der Waals surface area contributed by atoms with E-state index in [-0.39, 0.29) is 0 Å². The number of hydrogen-bond donors (Lipinski definition) is 2. The van der Waals surface area contributed by atoms with Crippen molar-refractivity contribution in [2.45, 2.75) is 19.4 Å². The highest BCUT2D eigenvalue weighted by Gasteiger charge is 2.16. The van der Waals surface area contributed by atoms with E-state index in [1.165, 1.54) is 25.9 Å². The Morgan fingerprint density at radius 3 is 2.83 bits per heavy atom. The van der Waals surface area contributed by atoms with Gasteiger partial charge in [0.05, 0.1) is 13.1 Å². The standard InChI is InChI=1S/C8H13N3S/c9-8-10-7(6-12-8)5-11-3-1-2-4-11/h6H,1-5H2,(H2,9,10)/p+1. The smallest absolute Gasteiger partial charge is 0.180 e. The molecule has 3 N–H and O–H groups in total. The molecule has 1 aromatic heterocycles. The molecule has 0 saturated carbocycles. The Balaban J connectivity index is 1.94. The molecule has 4 heteroatoms. The third-order valence-electron chi connectivity index (χ3n) is 2.31. The van der Waals surface area contributed by atoms with Crippen molar-refractivity contribution in [3.8, 4) is 0 Å². The molecular weight excluding hydrogens is 170 g/mol. The molecule has 0 aromatic carbocycles. The second kappa shape index (κ2) is 3.41. The lowest BCUT2D eigenvalue weighted by molar-refractivity contribution is -0.901. The molecule has 1 saturated heterocycles. The van der Waals surface area contributed by atoms with E-state index in [9.17, 15) is 0 Å². The normalized spacial score (nSPS) is 18.7. The SMILES string of the molecule is Nc1nc(C[NH+]2CCCC2)cs1. The number of rotatable bonds is 2. The first-order chi connectivity index (χ1) is 5.84. The Morgan fingerprint density at radius 2 is 2.25 bits per heavy atom. The molecule has 0 radical (unpaired) electrons. The number of quaternary nitrogens is 1. The minimum absolute atomic E-state index is 0.698. The average Bonchev–Trinajstić information content (AvgIpc) is 2.63. The van der Waals surface area contributed by atoms with Gasteiger partial charge in [0, 0.05) is 18.2 Å². The molecule has 0 aliphatic carbocycles. The fourth-order valence-electron chi connectivity index (χ4n) is 1.71. The summed E-state index contributed by atoms with van der Waals surface area (Å²) in [6.45, 7) is 3.67. The molecule has 1 aliphatic heterocycles. The summed E-state index contributed by atoms with van der Waals surface area (Å²) in [5, 5.41) is 2.77. The van der Waals surface area contributed by atoms with E-state index in [0.717, 1.165) is 12.2 Å². The minimum atomic E-state index is 0.698. The number of anilines is 1. The van der Waals surface area contributed by atoms with Crippen LogP contribution in [0.3, 0.4) is 0 Å². The number of nitrogens with zero attached hydrogens (tertiary/aromatic N) is 1. The Morgan fingerprint density at radius 1 is 1.50 bits per heavy atom. The molecule has 0 amide bonds. The van der Waals surface area contributed by atoms with Gasteiger partial charge in [0.15, 0.2) is 5.13 Å². The van der Waals surface area contributed by atoms with Crippen LogP contribution >= 0.6 is 11.3 Å². The predicted octanol–water partition coefficient (Wildman–Crippen LogP) is -0.0960. The van der Waals surface area contributed by atoms with Gasteiger partial charge in [0.25, 0.3) is 0 Å². The number of nitrogens with one attached hydrogen (secondary N) is 1. The first-order valence-electron chi connectivity index (χ1n) is 4.38. The van der Waals surface area contributed by atoms with Crippen LogP contribution in [-0.2, 0) is 6.54 Å². The van der Waals surface area contributed by atoms with Crippen molar-refractivity contribution in [2.24, 2.45) is 0 Å². The molecule has 66 valence electrons. The molecule has 2 heterocycles. The van der Waals surface area contributed by atoms with Crippen molar-refractivity contribution < 1.29 is 4.90 Å². The largest absolute Gasteiger partial charge is 0.375 e. The second-order valence-corrected chi connectivity index (χ2v) is 4.20. The van der Waals surface area contributed by atoms with Crippen LogP contribution in [0.5, 0.6) is 0 Å². The maximum absolute atomic E-state index is 5.55. The van der Waals surface area contributed by atoms with Crippen LogP contribution in [0.2, 0.25) is 0 Å². The van der Waals surface area contributed by atoms with Crippen LogP contribution in [0.4, 0.5) is 5.13 Å². The quantitative estimate of drug-likeness (QED) is 0.674.